The molecule has 0 saturated carbocycles. The van der Waals surface area contributed by atoms with Crippen LogP contribution in [0.3, 0.4) is 0 Å². The van der Waals surface area contributed by atoms with Crippen LogP contribution < -0.4 is 10.6 Å². The second-order valence-electron chi connectivity index (χ2n) is 7.79. The lowest BCUT2D eigenvalue weighted by Gasteiger charge is -2.23. The number of carbonyl (C=O) groups is 1. The summed E-state index contributed by atoms with van der Waals surface area (Å²) in [6.07, 6.45) is 1.59. The monoisotopic (exact) mass is 374 g/mol. The number of anilines is 2. The number of nitrogens with zero attached hydrogens (tertiary/aromatic N) is 2. The lowest BCUT2D eigenvalue weighted by Crippen LogP contribution is -2.20. The molecule has 0 fully saturated rings. The Labute approximate surface area is 166 Å². The van der Waals surface area contributed by atoms with E-state index in [4.69, 9.17) is 0 Å². The summed E-state index contributed by atoms with van der Waals surface area (Å²) >= 11 is 0. The van der Waals surface area contributed by atoms with Crippen molar-refractivity contribution in [3.05, 3.63) is 83.7 Å². The van der Waals surface area contributed by atoms with Gasteiger partial charge in [0.15, 0.2) is 0 Å². The van der Waals surface area contributed by atoms with Crippen LogP contribution in [0.25, 0.3) is 0 Å². The van der Waals surface area contributed by atoms with Crippen LogP contribution in [-0.2, 0) is 5.41 Å². The van der Waals surface area contributed by atoms with Crippen molar-refractivity contribution in [2.24, 2.45) is 0 Å². The average Bonchev–Trinajstić information content (AvgIpc) is 2.68. The first-order chi connectivity index (χ1) is 13.3. The van der Waals surface area contributed by atoms with Gasteiger partial charge in [0.2, 0.25) is 5.95 Å². The zero-order chi connectivity index (χ0) is 20.1. The first-order valence-electron chi connectivity index (χ1n) is 9.40. The summed E-state index contributed by atoms with van der Waals surface area (Å²) in [6.45, 7) is 8.39. The number of rotatable bonds is 5. The number of hydrogen-bond acceptors (Lipinski definition) is 4. The van der Waals surface area contributed by atoms with E-state index in [1.165, 1.54) is 0 Å². The molecule has 2 aromatic carbocycles. The molecule has 0 bridgehead atoms. The van der Waals surface area contributed by atoms with Gasteiger partial charge in [0.05, 0.1) is 6.04 Å². The predicted octanol–water partition coefficient (Wildman–Crippen LogP) is 5.20. The van der Waals surface area contributed by atoms with Crippen LogP contribution in [-0.4, -0.2) is 15.9 Å². The van der Waals surface area contributed by atoms with Crippen LogP contribution in [0.5, 0.6) is 0 Å². The Morgan fingerprint density at radius 2 is 1.64 bits per heavy atom. The van der Waals surface area contributed by atoms with E-state index in [2.05, 4.69) is 41.4 Å². The van der Waals surface area contributed by atoms with Gasteiger partial charge in [0, 0.05) is 11.9 Å². The molecule has 5 heteroatoms. The van der Waals surface area contributed by atoms with E-state index in [-0.39, 0.29) is 17.4 Å². The van der Waals surface area contributed by atoms with E-state index < -0.39 is 0 Å². The van der Waals surface area contributed by atoms with Crippen LogP contribution in [0, 0.1) is 0 Å². The van der Waals surface area contributed by atoms with E-state index in [1.807, 2.05) is 61.5 Å². The van der Waals surface area contributed by atoms with Gasteiger partial charge in [-0.1, -0.05) is 69.3 Å². The van der Waals surface area contributed by atoms with Crippen molar-refractivity contribution in [3.8, 4) is 0 Å². The highest BCUT2D eigenvalue weighted by atomic mass is 16.1. The summed E-state index contributed by atoms with van der Waals surface area (Å²) in [5, 5.41) is 6.24. The summed E-state index contributed by atoms with van der Waals surface area (Å²) in [6, 6.07) is 19.5. The van der Waals surface area contributed by atoms with Gasteiger partial charge in [-0.15, -0.1) is 0 Å². The highest BCUT2D eigenvalue weighted by Crippen LogP contribution is 2.29. The topological polar surface area (TPSA) is 66.9 Å². The predicted molar refractivity (Wildman–Crippen MR) is 114 cm³/mol. The third-order valence-electron chi connectivity index (χ3n) is 4.52. The summed E-state index contributed by atoms with van der Waals surface area (Å²) in [5.74, 6) is 0.169. The summed E-state index contributed by atoms with van der Waals surface area (Å²) in [5.41, 5.74) is 3.24. The zero-order valence-electron chi connectivity index (χ0n) is 16.7. The van der Waals surface area contributed by atoms with Gasteiger partial charge >= 0.3 is 0 Å². The van der Waals surface area contributed by atoms with Gasteiger partial charge in [0.1, 0.15) is 5.69 Å². The van der Waals surface area contributed by atoms with Crippen LogP contribution in [0.2, 0.25) is 0 Å². The fourth-order valence-corrected chi connectivity index (χ4v) is 3.01. The molecule has 0 aliphatic carbocycles. The highest BCUT2D eigenvalue weighted by Gasteiger charge is 2.19. The second kappa shape index (κ2) is 8.21. The molecule has 2 N–H and O–H groups in total. The molecule has 1 unspecified atom stereocenters. The van der Waals surface area contributed by atoms with Crippen LogP contribution in [0.4, 0.5) is 11.6 Å². The quantitative estimate of drug-likeness (QED) is 0.644. The Balaban J connectivity index is 1.76. The number of benzene rings is 2. The fourth-order valence-electron chi connectivity index (χ4n) is 3.01. The van der Waals surface area contributed by atoms with E-state index in [0.29, 0.717) is 11.6 Å². The Morgan fingerprint density at radius 1 is 0.964 bits per heavy atom. The van der Waals surface area contributed by atoms with Crippen molar-refractivity contribution in [1.29, 1.82) is 0 Å². The Bertz CT molecular complexity index is 948. The summed E-state index contributed by atoms with van der Waals surface area (Å²) in [4.78, 5) is 21.4. The van der Waals surface area contributed by atoms with Crippen LogP contribution in [0.15, 0.2) is 66.9 Å². The molecule has 1 heterocycles. The number of carbonyl (C=O) groups excluding carboxylic acids is 1. The minimum atomic E-state index is -0.255. The molecule has 1 aromatic heterocycles. The maximum Gasteiger partial charge on any atom is 0.274 e. The fraction of sp³-hybridized carbons (Fsp3) is 0.261. The van der Waals surface area contributed by atoms with Gasteiger partial charge < -0.3 is 10.6 Å². The first kappa shape index (κ1) is 19.5. The second-order valence-corrected chi connectivity index (χ2v) is 7.79. The molecule has 0 aliphatic rings. The van der Waals surface area contributed by atoms with Crippen LogP contribution in [0.1, 0.15) is 55.4 Å². The van der Waals surface area contributed by atoms with Crippen molar-refractivity contribution < 1.29 is 4.79 Å². The number of hydrogen-bond donors (Lipinski definition) is 2. The first-order valence-corrected chi connectivity index (χ1v) is 9.40. The maximum absolute atomic E-state index is 12.8. The molecule has 1 amide bonds. The zero-order valence-corrected chi connectivity index (χ0v) is 16.7. The number of nitrogens with one attached hydrogen (secondary N) is 2. The number of amides is 1. The Hall–Kier alpha value is -3.21. The van der Waals surface area contributed by atoms with Crippen molar-refractivity contribution in [1.82, 2.24) is 9.97 Å². The van der Waals surface area contributed by atoms with Gasteiger partial charge in [-0.3, -0.25) is 4.79 Å². The normalized spacial score (nSPS) is 12.3. The van der Waals surface area contributed by atoms with E-state index in [1.54, 1.807) is 12.3 Å². The number of para-hydroxylation sites is 1. The lowest BCUT2D eigenvalue weighted by atomic mass is 9.86. The van der Waals surface area contributed by atoms with Gasteiger partial charge in [-0.05, 0) is 35.6 Å². The van der Waals surface area contributed by atoms with Gasteiger partial charge in [-0.25, -0.2) is 9.97 Å². The van der Waals surface area contributed by atoms with Crippen molar-refractivity contribution >= 4 is 17.5 Å². The van der Waals surface area contributed by atoms with Crippen molar-refractivity contribution in [2.75, 3.05) is 10.6 Å². The van der Waals surface area contributed by atoms with Gasteiger partial charge in [0.25, 0.3) is 5.91 Å². The molecule has 0 aliphatic heterocycles. The minimum Gasteiger partial charge on any atom is -0.348 e. The molecule has 3 rings (SSSR count). The summed E-state index contributed by atoms with van der Waals surface area (Å²) < 4.78 is 0. The molecular formula is C23H26N4O. The summed E-state index contributed by atoms with van der Waals surface area (Å²) in [7, 11) is 0. The SMILES string of the molecule is CC(Nc1nccc(C(=O)Nc2ccccc2C(C)(C)C)n1)c1ccccc1. The van der Waals surface area contributed by atoms with E-state index in [0.717, 1.165) is 16.8 Å². The molecule has 1 atom stereocenters. The third kappa shape index (κ3) is 4.74. The maximum atomic E-state index is 12.8. The molecule has 144 valence electrons. The largest absolute Gasteiger partial charge is 0.348 e. The van der Waals surface area contributed by atoms with Crippen molar-refractivity contribution in [2.45, 2.75) is 39.2 Å². The average molecular weight is 374 g/mol. The van der Waals surface area contributed by atoms with E-state index in [9.17, 15) is 4.79 Å². The smallest absolute Gasteiger partial charge is 0.274 e. The molecule has 5 nitrogen and oxygen atoms in total. The molecule has 0 saturated heterocycles. The van der Waals surface area contributed by atoms with E-state index >= 15 is 0 Å². The minimum absolute atomic E-state index is 0.0288. The molecule has 0 spiro atoms. The molecule has 0 radical (unpaired) electrons. The number of aromatic nitrogens is 2. The molecule has 28 heavy (non-hydrogen) atoms. The molecule has 3 aromatic rings. The van der Waals surface area contributed by atoms with Gasteiger partial charge in [-0.2, -0.15) is 0 Å². The Kier molecular flexibility index (Phi) is 5.73. The van der Waals surface area contributed by atoms with Crippen molar-refractivity contribution in [3.63, 3.8) is 0 Å². The lowest BCUT2D eigenvalue weighted by molar-refractivity contribution is 0.102. The standard InChI is InChI=1S/C23H26N4O/c1-16(17-10-6-5-7-11-17)25-22-24-15-14-20(27-22)21(28)26-19-13-9-8-12-18(19)23(2,3)4/h5-16H,1-4H3,(H,26,28)(H,24,25,27). The third-order valence-corrected chi connectivity index (χ3v) is 4.52. The highest BCUT2D eigenvalue weighted by molar-refractivity contribution is 6.03. The van der Waals surface area contributed by atoms with Crippen LogP contribution >= 0.6 is 0 Å². The molecular weight excluding hydrogens is 348 g/mol. The Morgan fingerprint density at radius 3 is 2.36 bits per heavy atom.